The van der Waals surface area contributed by atoms with E-state index < -0.39 is 0 Å². The number of pyridine rings is 1. The van der Waals surface area contributed by atoms with E-state index in [1.54, 1.807) is 23.8 Å². The van der Waals surface area contributed by atoms with Crippen molar-refractivity contribution < 1.29 is 0 Å². The summed E-state index contributed by atoms with van der Waals surface area (Å²) in [5.41, 5.74) is 5.41. The van der Waals surface area contributed by atoms with Crippen LogP contribution in [-0.4, -0.2) is 45.8 Å². The summed E-state index contributed by atoms with van der Waals surface area (Å²) in [6, 6.07) is 5.97. The molecule has 196 valence electrons. The van der Waals surface area contributed by atoms with Crippen LogP contribution >= 0.6 is 11.8 Å². The minimum atomic E-state index is 0.550. The zero-order valence-electron chi connectivity index (χ0n) is 23.0. The van der Waals surface area contributed by atoms with Crippen LogP contribution in [0.5, 0.6) is 0 Å². The summed E-state index contributed by atoms with van der Waals surface area (Å²) >= 11 is 1.73. The van der Waals surface area contributed by atoms with Crippen LogP contribution in [0, 0.1) is 6.92 Å². The number of nitrogens with zero attached hydrogens (tertiary/aromatic N) is 5. The fourth-order valence-electron chi connectivity index (χ4n) is 3.49. The molecule has 0 unspecified atom stereocenters. The molecule has 0 bridgehead atoms. The predicted octanol–water partition coefficient (Wildman–Crippen LogP) is 6.87. The Balaban J connectivity index is 2.41. The van der Waals surface area contributed by atoms with Crippen LogP contribution < -0.4 is 5.32 Å². The third kappa shape index (κ3) is 9.06. The van der Waals surface area contributed by atoms with E-state index >= 15 is 0 Å². The summed E-state index contributed by atoms with van der Waals surface area (Å²) in [6.45, 7) is 14.3. The maximum absolute atomic E-state index is 4.94. The number of aromatic amines is 1. The van der Waals surface area contributed by atoms with Gasteiger partial charge in [0.2, 0.25) is 0 Å². The van der Waals surface area contributed by atoms with Gasteiger partial charge in [0.15, 0.2) is 0 Å². The summed E-state index contributed by atoms with van der Waals surface area (Å²) in [4.78, 5) is 18.7. The number of imidazole rings is 1. The standard InChI is InChI=1S/C29H39N7S/c1-9-11-12-16-24(37-8)18-23(5)32-19-26-34-28(29(35-26)25-17-13-15-22(4)33-25)21(3)20-36(31-7)27(30-6)14-10-2/h9-11,13-18,20,32H,7,12,19H2,1-6,8H3,(H,34,35)/b11-9-,14-10-,21-20+,23-18+,24-16+,30-27-. The molecule has 0 amide bonds. The number of H-pyrrole nitrogens is 1. The Morgan fingerprint density at radius 3 is 2.62 bits per heavy atom. The fourth-order valence-corrected chi connectivity index (χ4v) is 4.05. The highest BCUT2D eigenvalue weighted by atomic mass is 32.2. The highest BCUT2D eigenvalue weighted by Gasteiger charge is 2.16. The van der Waals surface area contributed by atoms with Gasteiger partial charge in [-0.1, -0.05) is 30.4 Å². The molecule has 7 nitrogen and oxygen atoms in total. The molecule has 2 aromatic rings. The van der Waals surface area contributed by atoms with Crippen LogP contribution in [0.25, 0.3) is 17.0 Å². The first-order chi connectivity index (χ1) is 17.9. The van der Waals surface area contributed by atoms with Crippen molar-refractivity contribution in [3.05, 3.63) is 88.7 Å². The number of allylic oxidation sites excluding steroid dienone is 7. The van der Waals surface area contributed by atoms with E-state index in [0.717, 1.165) is 46.3 Å². The van der Waals surface area contributed by atoms with Crippen molar-refractivity contribution in [2.24, 2.45) is 10.1 Å². The molecule has 0 atom stereocenters. The van der Waals surface area contributed by atoms with Gasteiger partial charge in [0.1, 0.15) is 11.7 Å². The van der Waals surface area contributed by atoms with Crippen molar-refractivity contribution in [1.82, 2.24) is 25.3 Å². The van der Waals surface area contributed by atoms with E-state index in [4.69, 9.17) is 9.97 Å². The lowest BCUT2D eigenvalue weighted by Crippen LogP contribution is -2.18. The van der Waals surface area contributed by atoms with Crippen molar-refractivity contribution >= 4 is 29.9 Å². The van der Waals surface area contributed by atoms with Gasteiger partial charge in [-0.05, 0) is 77.2 Å². The molecular weight excluding hydrogens is 478 g/mol. The average Bonchev–Trinajstić information content (AvgIpc) is 3.33. The number of aliphatic imine (C=N–C) groups is 1. The number of hydrogen-bond donors (Lipinski definition) is 2. The van der Waals surface area contributed by atoms with Gasteiger partial charge in [-0.2, -0.15) is 5.10 Å². The molecule has 8 heteroatoms. The molecule has 0 aliphatic carbocycles. The second-order valence-corrected chi connectivity index (χ2v) is 9.13. The Kier molecular flexibility index (Phi) is 12.4. The molecule has 0 fully saturated rings. The van der Waals surface area contributed by atoms with Crippen molar-refractivity contribution in [2.45, 2.75) is 47.6 Å². The lowest BCUT2D eigenvalue weighted by Gasteiger charge is -2.14. The highest BCUT2D eigenvalue weighted by molar-refractivity contribution is 8.02. The molecule has 0 saturated heterocycles. The summed E-state index contributed by atoms with van der Waals surface area (Å²) in [5.74, 6) is 1.49. The third-order valence-corrected chi connectivity index (χ3v) is 6.09. The minimum absolute atomic E-state index is 0.550. The number of amidine groups is 1. The summed E-state index contributed by atoms with van der Waals surface area (Å²) in [5, 5.41) is 9.25. The van der Waals surface area contributed by atoms with E-state index in [0.29, 0.717) is 12.4 Å². The minimum Gasteiger partial charge on any atom is -0.381 e. The maximum atomic E-state index is 4.94. The van der Waals surface area contributed by atoms with Crippen molar-refractivity contribution in [3.8, 4) is 11.4 Å². The van der Waals surface area contributed by atoms with Crippen molar-refractivity contribution in [1.29, 1.82) is 0 Å². The van der Waals surface area contributed by atoms with E-state index in [-0.39, 0.29) is 0 Å². The van der Waals surface area contributed by atoms with Crippen LogP contribution in [0.15, 0.2) is 81.6 Å². The number of hydrazone groups is 1. The Morgan fingerprint density at radius 1 is 1.22 bits per heavy atom. The summed E-state index contributed by atoms with van der Waals surface area (Å²) in [7, 11) is 1.73. The average molecular weight is 518 g/mol. The summed E-state index contributed by atoms with van der Waals surface area (Å²) < 4.78 is 0. The molecule has 0 radical (unpaired) electrons. The first kappa shape index (κ1) is 29.6. The number of thioether (sulfide) groups is 1. The topological polar surface area (TPSA) is 81.6 Å². The molecular formula is C29H39N7S. The predicted molar refractivity (Wildman–Crippen MR) is 161 cm³/mol. The number of hydrogen-bond acceptors (Lipinski definition) is 6. The Morgan fingerprint density at radius 2 is 2.00 bits per heavy atom. The van der Waals surface area contributed by atoms with Gasteiger partial charge >= 0.3 is 0 Å². The Hall–Kier alpha value is -3.65. The van der Waals surface area contributed by atoms with E-state index in [1.807, 2.05) is 64.2 Å². The van der Waals surface area contributed by atoms with Gasteiger partial charge in [0.25, 0.3) is 0 Å². The second kappa shape index (κ2) is 15.5. The fraction of sp³-hybridized carbons (Fsp3) is 0.310. The number of rotatable bonds is 12. The summed E-state index contributed by atoms with van der Waals surface area (Å²) in [6.07, 6.45) is 17.3. The molecule has 0 saturated carbocycles. The zero-order chi connectivity index (χ0) is 27.2. The van der Waals surface area contributed by atoms with Crippen LogP contribution in [0.1, 0.15) is 51.3 Å². The molecule has 2 aromatic heterocycles. The lowest BCUT2D eigenvalue weighted by atomic mass is 10.1. The van der Waals surface area contributed by atoms with Crippen LogP contribution in [0.4, 0.5) is 0 Å². The van der Waals surface area contributed by atoms with Crippen LogP contribution in [0.2, 0.25) is 0 Å². The molecule has 2 heterocycles. The molecule has 2 N–H and O–H groups in total. The lowest BCUT2D eigenvalue weighted by molar-refractivity contribution is 0.611. The zero-order valence-corrected chi connectivity index (χ0v) is 23.9. The maximum Gasteiger partial charge on any atom is 0.148 e. The number of aryl methyl sites for hydroxylation is 1. The van der Waals surface area contributed by atoms with Gasteiger partial charge in [-0.25, -0.2) is 9.99 Å². The van der Waals surface area contributed by atoms with Crippen LogP contribution in [-0.2, 0) is 6.54 Å². The van der Waals surface area contributed by atoms with E-state index in [2.05, 4.69) is 64.6 Å². The second-order valence-electron chi connectivity index (χ2n) is 8.25. The number of aromatic nitrogens is 3. The Labute approximate surface area is 226 Å². The van der Waals surface area contributed by atoms with E-state index in [9.17, 15) is 0 Å². The van der Waals surface area contributed by atoms with Gasteiger partial charge in [-0.3, -0.25) is 9.98 Å². The van der Waals surface area contributed by atoms with Crippen LogP contribution in [0.3, 0.4) is 0 Å². The smallest absolute Gasteiger partial charge is 0.148 e. The molecule has 2 rings (SSSR count). The largest absolute Gasteiger partial charge is 0.381 e. The van der Waals surface area contributed by atoms with Gasteiger partial charge in [-0.15, -0.1) is 11.8 Å². The molecule has 0 spiro atoms. The monoisotopic (exact) mass is 517 g/mol. The number of nitrogens with one attached hydrogen (secondary N) is 2. The normalized spacial score (nSPS) is 13.6. The van der Waals surface area contributed by atoms with Crippen molar-refractivity contribution in [3.63, 3.8) is 0 Å². The third-order valence-electron chi connectivity index (χ3n) is 5.34. The molecule has 0 aliphatic heterocycles. The Bertz CT molecular complexity index is 1230. The molecule has 0 aromatic carbocycles. The molecule has 37 heavy (non-hydrogen) atoms. The first-order valence-electron chi connectivity index (χ1n) is 12.2. The van der Waals surface area contributed by atoms with E-state index in [1.165, 1.54) is 4.91 Å². The quantitative estimate of drug-likeness (QED) is 0.106. The van der Waals surface area contributed by atoms with Gasteiger partial charge < -0.3 is 10.3 Å². The molecule has 0 aliphatic rings. The van der Waals surface area contributed by atoms with Crippen molar-refractivity contribution in [2.75, 3.05) is 13.3 Å². The van der Waals surface area contributed by atoms with Gasteiger partial charge in [0.05, 0.1) is 23.6 Å². The van der Waals surface area contributed by atoms with Gasteiger partial charge in [0, 0.05) is 36.3 Å². The SMILES string of the molecule is C=NN(/C=C(\C)c1nc(CN/C(C)=C/C(=C\C/C=C\C)SC)[nH]c1-c1cccc(C)n1)C(/C=C\C)=N\C. The highest BCUT2D eigenvalue weighted by Crippen LogP contribution is 2.27. The first-order valence-corrected chi connectivity index (χ1v) is 13.4.